The molecule has 1 rings (SSSR count). The van der Waals surface area contributed by atoms with Crippen LogP contribution in [0.1, 0.15) is 34.1 Å². The molecule has 1 atom stereocenters. The van der Waals surface area contributed by atoms with E-state index in [0.29, 0.717) is 18.0 Å². The maximum absolute atomic E-state index is 11.9. The molecular formula is C17H23ClN2O2. The van der Waals surface area contributed by atoms with E-state index in [1.54, 1.807) is 6.92 Å². The fourth-order valence-corrected chi connectivity index (χ4v) is 1.90. The van der Waals surface area contributed by atoms with Crippen molar-refractivity contribution in [2.75, 3.05) is 11.9 Å². The third-order valence-electron chi connectivity index (χ3n) is 2.62. The lowest BCUT2D eigenvalue weighted by molar-refractivity contribution is 0.0508. The Morgan fingerprint density at radius 2 is 2.14 bits per heavy atom. The first-order chi connectivity index (χ1) is 10.3. The summed E-state index contributed by atoms with van der Waals surface area (Å²) >= 11 is 5.95. The summed E-state index contributed by atoms with van der Waals surface area (Å²) < 4.78 is 5.27. The molecule has 0 bridgehead atoms. The number of carbonyl (C=O) groups is 1. The van der Waals surface area contributed by atoms with Gasteiger partial charge >= 0.3 is 6.09 Å². The van der Waals surface area contributed by atoms with Gasteiger partial charge in [0.2, 0.25) is 0 Å². The first-order valence-electron chi connectivity index (χ1n) is 7.19. The normalized spacial score (nSPS) is 11.9. The lowest BCUT2D eigenvalue weighted by Gasteiger charge is -2.23. The van der Waals surface area contributed by atoms with Crippen LogP contribution >= 0.6 is 11.6 Å². The largest absolute Gasteiger partial charge is 0.444 e. The zero-order valence-corrected chi connectivity index (χ0v) is 14.3. The van der Waals surface area contributed by atoms with Crippen LogP contribution in [0.15, 0.2) is 24.3 Å². The number of hydrogen-bond donors (Lipinski definition) is 2. The molecule has 0 aliphatic carbocycles. The summed E-state index contributed by atoms with van der Waals surface area (Å²) in [6, 6.07) is 7.28. The number of halogens is 1. The number of hydrogen-bond acceptors (Lipinski definition) is 3. The fraction of sp³-hybridized carbons (Fsp3) is 0.471. The van der Waals surface area contributed by atoms with Gasteiger partial charge in [-0.3, -0.25) is 0 Å². The highest BCUT2D eigenvalue weighted by atomic mass is 35.5. The molecule has 0 saturated heterocycles. The Bertz CT molecular complexity index is 556. The summed E-state index contributed by atoms with van der Waals surface area (Å²) in [4.78, 5) is 11.9. The molecule has 120 valence electrons. The molecule has 0 aliphatic heterocycles. The molecular weight excluding hydrogens is 300 g/mol. The van der Waals surface area contributed by atoms with E-state index in [0.717, 1.165) is 5.69 Å². The maximum atomic E-state index is 11.9. The highest BCUT2D eigenvalue weighted by Crippen LogP contribution is 2.15. The number of rotatable bonds is 5. The van der Waals surface area contributed by atoms with Gasteiger partial charge in [-0.15, -0.1) is 11.8 Å². The van der Waals surface area contributed by atoms with Crippen LogP contribution in [0.3, 0.4) is 0 Å². The summed E-state index contributed by atoms with van der Waals surface area (Å²) in [5.74, 6) is 5.81. The smallest absolute Gasteiger partial charge is 0.407 e. The number of carbonyl (C=O) groups excluding carboxylic acids is 1. The molecule has 1 unspecified atom stereocenters. The van der Waals surface area contributed by atoms with E-state index in [-0.39, 0.29) is 6.04 Å². The number of nitrogens with one attached hydrogen (secondary N) is 2. The molecule has 4 nitrogen and oxygen atoms in total. The third kappa shape index (κ3) is 7.80. The molecule has 1 aromatic rings. The van der Waals surface area contributed by atoms with Gasteiger partial charge < -0.3 is 15.4 Å². The second-order valence-corrected chi connectivity index (χ2v) is 6.30. The van der Waals surface area contributed by atoms with E-state index < -0.39 is 11.7 Å². The van der Waals surface area contributed by atoms with Crippen molar-refractivity contribution >= 4 is 23.4 Å². The lowest BCUT2D eigenvalue weighted by Crippen LogP contribution is -2.42. The van der Waals surface area contributed by atoms with E-state index >= 15 is 0 Å². The van der Waals surface area contributed by atoms with Gasteiger partial charge in [0.05, 0.1) is 6.04 Å². The molecule has 0 aliphatic rings. The van der Waals surface area contributed by atoms with Gasteiger partial charge in [0, 0.05) is 23.7 Å². The first-order valence-corrected chi connectivity index (χ1v) is 7.56. The predicted molar refractivity (Wildman–Crippen MR) is 91.2 cm³/mol. The maximum Gasteiger partial charge on any atom is 0.407 e. The molecule has 1 aromatic carbocycles. The van der Waals surface area contributed by atoms with Gasteiger partial charge in [-0.2, -0.15) is 0 Å². The quantitative estimate of drug-likeness (QED) is 0.804. The van der Waals surface area contributed by atoms with Crippen molar-refractivity contribution in [2.24, 2.45) is 0 Å². The topological polar surface area (TPSA) is 50.4 Å². The number of anilines is 1. The summed E-state index contributed by atoms with van der Waals surface area (Å²) in [6.45, 7) is 7.80. The fourth-order valence-electron chi connectivity index (χ4n) is 1.71. The van der Waals surface area contributed by atoms with E-state index in [2.05, 4.69) is 22.5 Å². The van der Waals surface area contributed by atoms with Crippen molar-refractivity contribution < 1.29 is 9.53 Å². The van der Waals surface area contributed by atoms with Gasteiger partial charge in [0.1, 0.15) is 5.60 Å². The number of alkyl carbamates (subject to hydrolysis) is 1. The Balaban J connectivity index is 2.59. The van der Waals surface area contributed by atoms with Crippen LogP contribution in [0, 0.1) is 11.8 Å². The van der Waals surface area contributed by atoms with Gasteiger partial charge in [-0.25, -0.2) is 4.79 Å². The molecule has 0 heterocycles. The molecule has 0 aromatic heterocycles. The SMILES string of the molecule is CC#CCC(CNc1cccc(Cl)c1)NC(=O)OC(C)(C)C. The van der Waals surface area contributed by atoms with Crippen molar-refractivity contribution in [1.29, 1.82) is 0 Å². The number of benzene rings is 1. The molecule has 0 saturated carbocycles. The highest BCUT2D eigenvalue weighted by molar-refractivity contribution is 6.30. The molecule has 2 N–H and O–H groups in total. The minimum Gasteiger partial charge on any atom is -0.444 e. The Morgan fingerprint density at radius 1 is 1.41 bits per heavy atom. The van der Waals surface area contributed by atoms with Crippen LogP contribution in [0.5, 0.6) is 0 Å². The van der Waals surface area contributed by atoms with Crippen molar-refractivity contribution in [3.63, 3.8) is 0 Å². The van der Waals surface area contributed by atoms with Crippen LogP contribution in [0.25, 0.3) is 0 Å². The summed E-state index contributed by atoms with van der Waals surface area (Å²) in [5.41, 5.74) is 0.374. The minimum absolute atomic E-state index is 0.152. The van der Waals surface area contributed by atoms with Crippen LogP contribution in [-0.2, 0) is 4.74 Å². The average Bonchev–Trinajstić information content (AvgIpc) is 2.40. The standard InChI is InChI=1S/C17H23ClN2O2/c1-5-6-9-15(20-16(21)22-17(2,3)4)12-19-14-10-7-8-13(18)11-14/h7-8,10-11,15,19H,9,12H2,1-4H3,(H,20,21). The van der Waals surface area contributed by atoms with E-state index in [1.807, 2.05) is 45.0 Å². The van der Waals surface area contributed by atoms with Crippen molar-refractivity contribution in [2.45, 2.75) is 45.8 Å². The van der Waals surface area contributed by atoms with Gasteiger partial charge in [-0.1, -0.05) is 17.7 Å². The van der Waals surface area contributed by atoms with Crippen LogP contribution in [-0.4, -0.2) is 24.3 Å². The number of amides is 1. The zero-order chi connectivity index (χ0) is 16.6. The second-order valence-electron chi connectivity index (χ2n) is 5.87. The van der Waals surface area contributed by atoms with Gasteiger partial charge in [0.25, 0.3) is 0 Å². The van der Waals surface area contributed by atoms with Crippen molar-refractivity contribution in [3.05, 3.63) is 29.3 Å². The van der Waals surface area contributed by atoms with Crippen LogP contribution in [0.4, 0.5) is 10.5 Å². The molecule has 1 amide bonds. The minimum atomic E-state index is -0.522. The van der Waals surface area contributed by atoms with Crippen LogP contribution in [0.2, 0.25) is 5.02 Å². The third-order valence-corrected chi connectivity index (χ3v) is 2.86. The van der Waals surface area contributed by atoms with Crippen LogP contribution < -0.4 is 10.6 Å². The Kier molecular flexibility index (Phi) is 7.07. The Hall–Kier alpha value is -1.86. The Morgan fingerprint density at radius 3 is 2.73 bits per heavy atom. The summed E-state index contributed by atoms with van der Waals surface area (Å²) in [5, 5.41) is 6.74. The molecule has 5 heteroatoms. The van der Waals surface area contributed by atoms with E-state index in [9.17, 15) is 4.79 Å². The zero-order valence-electron chi connectivity index (χ0n) is 13.5. The van der Waals surface area contributed by atoms with Crippen molar-refractivity contribution in [1.82, 2.24) is 5.32 Å². The van der Waals surface area contributed by atoms with E-state index in [4.69, 9.17) is 16.3 Å². The molecule has 22 heavy (non-hydrogen) atoms. The number of ether oxygens (including phenoxy) is 1. The van der Waals surface area contributed by atoms with Gasteiger partial charge in [-0.05, 0) is 45.9 Å². The predicted octanol–water partition coefficient (Wildman–Crippen LogP) is 4.06. The molecule has 0 spiro atoms. The Labute approximate surface area is 137 Å². The van der Waals surface area contributed by atoms with E-state index in [1.165, 1.54) is 0 Å². The average molecular weight is 323 g/mol. The second kappa shape index (κ2) is 8.55. The molecule has 0 fully saturated rings. The van der Waals surface area contributed by atoms with Gasteiger partial charge in [0.15, 0.2) is 0 Å². The monoisotopic (exact) mass is 322 g/mol. The molecule has 0 radical (unpaired) electrons. The summed E-state index contributed by atoms with van der Waals surface area (Å²) in [7, 11) is 0. The lowest BCUT2D eigenvalue weighted by atomic mass is 10.2. The first kappa shape index (κ1) is 18.2. The van der Waals surface area contributed by atoms with Crippen molar-refractivity contribution in [3.8, 4) is 11.8 Å². The highest BCUT2D eigenvalue weighted by Gasteiger charge is 2.19. The summed E-state index contributed by atoms with van der Waals surface area (Å²) in [6.07, 6.45) is 0.104.